The van der Waals surface area contributed by atoms with Crippen LogP contribution in [-0.2, 0) is 13.0 Å². The standard InChI is InChI=1S/C12H20ClNS/c1-7(2)5-9-10(6-14)12(13)15-11(9)8(3)4/h7-8H,5-6,14H2,1-4H3. The fraction of sp³-hybridized carbons (Fsp3) is 0.667. The minimum atomic E-state index is 0.543. The summed E-state index contributed by atoms with van der Waals surface area (Å²) in [7, 11) is 0. The van der Waals surface area contributed by atoms with Crippen LogP contribution in [0.3, 0.4) is 0 Å². The summed E-state index contributed by atoms with van der Waals surface area (Å²) in [5.41, 5.74) is 8.33. The molecule has 0 unspecified atom stereocenters. The molecule has 1 heterocycles. The topological polar surface area (TPSA) is 26.0 Å². The van der Waals surface area contributed by atoms with Crippen molar-refractivity contribution in [1.82, 2.24) is 0 Å². The average Bonchev–Trinajstić information content (AvgIpc) is 2.41. The highest BCUT2D eigenvalue weighted by Gasteiger charge is 2.18. The first-order chi connectivity index (χ1) is 6.97. The SMILES string of the molecule is CC(C)Cc1c(C(C)C)sc(Cl)c1CN. The van der Waals surface area contributed by atoms with Crippen molar-refractivity contribution < 1.29 is 0 Å². The van der Waals surface area contributed by atoms with Gasteiger partial charge in [-0.05, 0) is 29.4 Å². The van der Waals surface area contributed by atoms with E-state index in [1.807, 2.05) is 0 Å². The second-order valence-corrected chi connectivity index (χ2v) is 6.31. The van der Waals surface area contributed by atoms with Gasteiger partial charge in [0.15, 0.2) is 0 Å². The molecule has 0 aromatic carbocycles. The molecule has 0 aliphatic carbocycles. The van der Waals surface area contributed by atoms with Crippen LogP contribution < -0.4 is 5.73 Å². The van der Waals surface area contributed by atoms with E-state index < -0.39 is 0 Å². The molecule has 0 amide bonds. The Balaban J connectivity index is 3.16. The highest BCUT2D eigenvalue weighted by molar-refractivity contribution is 7.16. The van der Waals surface area contributed by atoms with Crippen molar-refractivity contribution in [2.45, 2.75) is 46.6 Å². The Morgan fingerprint density at radius 1 is 1.20 bits per heavy atom. The molecule has 0 saturated carbocycles. The molecular formula is C12H20ClNS. The third-order valence-corrected chi connectivity index (χ3v) is 4.26. The van der Waals surface area contributed by atoms with Gasteiger partial charge in [0.2, 0.25) is 0 Å². The van der Waals surface area contributed by atoms with E-state index in [-0.39, 0.29) is 0 Å². The van der Waals surface area contributed by atoms with E-state index in [2.05, 4.69) is 27.7 Å². The van der Waals surface area contributed by atoms with E-state index in [9.17, 15) is 0 Å². The van der Waals surface area contributed by atoms with Gasteiger partial charge < -0.3 is 5.73 Å². The predicted molar refractivity (Wildman–Crippen MR) is 69.9 cm³/mol. The Morgan fingerprint density at radius 3 is 2.20 bits per heavy atom. The van der Waals surface area contributed by atoms with Crippen LogP contribution >= 0.6 is 22.9 Å². The first-order valence-electron chi connectivity index (χ1n) is 5.47. The molecule has 0 aliphatic rings. The number of thiophene rings is 1. The molecule has 3 heteroatoms. The Kier molecular flexibility index (Phi) is 4.63. The molecule has 15 heavy (non-hydrogen) atoms. The van der Waals surface area contributed by atoms with Gasteiger partial charge in [-0.25, -0.2) is 0 Å². The first kappa shape index (κ1) is 13.0. The number of hydrogen-bond acceptors (Lipinski definition) is 2. The third kappa shape index (κ3) is 2.96. The maximum atomic E-state index is 6.22. The molecule has 0 radical (unpaired) electrons. The zero-order valence-electron chi connectivity index (χ0n) is 9.93. The van der Waals surface area contributed by atoms with Crippen molar-refractivity contribution in [2.24, 2.45) is 11.7 Å². The van der Waals surface area contributed by atoms with Crippen LogP contribution in [0.1, 0.15) is 49.6 Å². The lowest BCUT2D eigenvalue weighted by Gasteiger charge is -2.11. The van der Waals surface area contributed by atoms with Gasteiger partial charge in [0.05, 0.1) is 4.34 Å². The molecule has 1 aromatic heterocycles. The second-order valence-electron chi connectivity index (χ2n) is 4.65. The van der Waals surface area contributed by atoms with E-state index in [1.165, 1.54) is 16.0 Å². The molecule has 0 spiro atoms. The van der Waals surface area contributed by atoms with Gasteiger partial charge in [-0.3, -0.25) is 0 Å². The van der Waals surface area contributed by atoms with Crippen molar-refractivity contribution in [3.63, 3.8) is 0 Å². The van der Waals surface area contributed by atoms with E-state index >= 15 is 0 Å². The van der Waals surface area contributed by atoms with Crippen LogP contribution in [0.5, 0.6) is 0 Å². The van der Waals surface area contributed by atoms with Gasteiger partial charge in [0, 0.05) is 11.4 Å². The third-order valence-electron chi connectivity index (χ3n) is 2.44. The molecule has 0 bridgehead atoms. The number of rotatable bonds is 4. The van der Waals surface area contributed by atoms with Crippen molar-refractivity contribution in [1.29, 1.82) is 0 Å². The van der Waals surface area contributed by atoms with Crippen molar-refractivity contribution >= 4 is 22.9 Å². The van der Waals surface area contributed by atoms with Gasteiger partial charge in [-0.1, -0.05) is 39.3 Å². The molecule has 1 aromatic rings. The number of hydrogen-bond donors (Lipinski definition) is 1. The van der Waals surface area contributed by atoms with E-state index in [4.69, 9.17) is 17.3 Å². The molecule has 0 aliphatic heterocycles. The van der Waals surface area contributed by atoms with Gasteiger partial charge in [0.25, 0.3) is 0 Å². The molecule has 0 saturated heterocycles. The summed E-state index contributed by atoms with van der Waals surface area (Å²) in [6.45, 7) is 9.45. The van der Waals surface area contributed by atoms with Gasteiger partial charge in [-0.2, -0.15) is 0 Å². The van der Waals surface area contributed by atoms with Crippen LogP contribution in [0.25, 0.3) is 0 Å². The van der Waals surface area contributed by atoms with Gasteiger partial charge in [-0.15, -0.1) is 11.3 Å². The van der Waals surface area contributed by atoms with Crippen LogP contribution in [0.4, 0.5) is 0 Å². The molecule has 0 fully saturated rings. The lowest BCUT2D eigenvalue weighted by atomic mass is 9.96. The number of nitrogens with two attached hydrogens (primary N) is 1. The lowest BCUT2D eigenvalue weighted by molar-refractivity contribution is 0.637. The maximum Gasteiger partial charge on any atom is 0.0979 e. The maximum absolute atomic E-state index is 6.22. The second kappa shape index (κ2) is 5.33. The normalized spacial score (nSPS) is 11.7. The Morgan fingerprint density at radius 2 is 1.80 bits per heavy atom. The van der Waals surface area contributed by atoms with E-state index in [1.54, 1.807) is 11.3 Å². The highest BCUT2D eigenvalue weighted by Crippen LogP contribution is 2.38. The van der Waals surface area contributed by atoms with Crippen LogP contribution in [0, 0.1) is 5.92 Å². The zero-order valence-corrected chi connectivity index (χ0v) is 11.5. The first-order valence-corrected chi connectivity index (χ1v) is 6.66. The fourth-order valence-electron chi connectivity index (χ4n) is 1.79. The van der Waals surface area contributed by atoms with Crippen molar-refractivity contribution in [3.8, 4) is 0 Å². The summed E-state index contributed by atoms with van der Waals surface area (Å²) < 4.78 is 0.886. The largest absolute Gasteiger partial charge is 0.326 e. The Hall–Kier alpha value is -0.0500. The van der Waals surface area contributed by atoms with E-state index in [0.29, 0.717) is 18.4 Å². The van der Waals surface area contributed by atoms with Crippen LogP contribution in [0.2, 0.25) is 4.34 Å². The molecule has 1 rings (SSSR count). The van der Waals surface area contributed by atoms with Gasteiger partial charge in [0.1, 0.15) is 0 Å². The Bertz CT molecular complexity index is 329. The smallest absolute Gasteiger partial charge is 0.0979 e. The van der Waals surface area contributed by atoms with Crippen LogP contribution in [-0.4, -0.2) is 0 Å². The lowest BCUT2D eigenvalue weighted by Crippen LogP contribution is -2.04. The molecule has 86 valence electrons. The highest BCUT2D eigenvalue weighted by atomic mass is 35.5. The fourth-order valence-corrected chi connectivity index (χ4v) is 3.32. The van der Waals surface area contributed by atoms with E-state index in [0.717, 1.165) is 10.8 Å². The minimum absolute atomic E-state index is 0.543. The molecule has 0 atom stereocenters. The summed E-state index contributed by atoms with van der Waals surface area (Å²) in [5, 5.41) is 0. The van der Waals surface area contributed by atoms with Crippen LogP contribution in [0.15, 0.2) is 0 Å². The summed E-state index contributed by atoms with van der Waals surface area (Å²) in [5.74, 6) is 1.19. The predicted octanol–water partition coefficient (Wildman–Crippen LogP) is 4.18. The Labute approximate surface area is 102 Å². The number of halogens is 1. The quantitative estimate of drug-likeness (QED) is 0.846. The summed E-state index contributed by atoms with van der Waals surface area (Å²) >= 11 is 7.92. The summed E-state index contributed by atoms with van der Waals surface area (Å²) in [6.07, 6.45) is 1.09. The monoisotopic (exact) mass is 245 g/mol. The minimum Gasteiger partial charge on any atom is -0.326 e. The molecule has 1 nitrogen and oxygen atoms in total. The zero-order chi connectivity index (χ0) is 11.6. The molecular weight excluding hydrogens is 226 g/mol. The van der Waals surface area contributed by atoms with Gasteiger partial charge >= 0.3 is 0 Å². The summed E-state index contributed by atoms with van der Waals surface area (Å²) in [4.78, 5) is 1.41. The summed E-state index contributed by atoms with van der Waals surface area (Å²) in [6, 6.07) is 0. The van der Waals surface area contributed by atoms with Crippen molar-refractivity contribution in [2.75, 3.05) is 0 Å². The van der Waals surface area contributed by atoms with Crippen molar-refractivity contribution in [3.05, 3.63) is 20.3 Å². The average molecular weight is 246 g/mol. The molecule has 2 N–H and O–H groups in total.